The zero-order valence-corrected chi connectivity index (χ0v) is 4.76. The lowest BCUT2D eigenvalue weighted by molar-refractivity contribution is -0.164. The van der Waals surface area contributed by atoms with Gasteiger partial charge in [0.2, 0.25) is 5.97 Å². The predicted octanol–water partition coefficient (Wildman–Crippen LogP) is -0.0321. The molecule has 1 aliphatic rings. The second-order valence-corrected chi connectivity index (χ2v) is 1.28. The minimum Gasteiger partial charge on any atom is -0.255 e. The first-order chi connectivity index (χ1) is 4.33. The molecule has 0 fully saturated rings. The molecule has 0 atom stereocenters. The summed E-state index contributed by atoms with van der Waals surface area (Å²) in [4.78, 5) is 4.47. The van der Waals surface area contributed by atoms with E-state index in [-0.39, 0.29) is 0 Å². The molecule has 0 unspecified atom stereocenters. The lowest BCUT2D eigenvalue weighted by Gasteiger charge is -2.15. The molecule has 0 saturated carbocycles. The van der Waals surface area contributed by atoms with Crippen LogP contribution in [0.3, 0.4) is 0 Å². The Balaban J connectivity index is 2.55. The van der Waals surface area contributed by atoms with Gasteiger partial charge in [0.15, 0.2) is 0 Å². The molecule has 1 radical (unpaired) electrons. The lowest BCUT2D eigenvalue weighted by Crippen LogP contribution is -2.31. The quantitative estimate of drug-likeness (QED) is 0.541. The highest BCUT2D eigenvalue weighted by atomic mass is 19.1. The third-order valence-corrected chi connectivity index (χ3v) is 0.711. The third kappa shape index (κ3) is 1.39. The molecule has 1 aliphatic heterocycles. The van der Waals surface area contributed by atoms with Crippen molar-refractivity contribution >= 4 is 5.97 Å². The van der Waals surface area contributed by atoms with Gasteiger partial charge in [-0.25, -0.2) is 4.84 Å². The number of hydrogen-bond acceptors (Lipinski definition) is 4. The SMILES string of the molecule is CON1N=C(F)C=[C]N1. The maximum atomic E-state index is 12.1. The van der Waals surface area contributed by atoms with Gasteiger partial charge in [-0.2, -0.15) is 4.39 Å². The van der Waals surface area contributed by atoms with Crippen molar-refractivity contribution < 1.29 is 9.23 Å². The van der Waals surface area contributed by atoms with Gasteiger partial charge < -0.3 is 0 Å². The maximum Gasteiger partial charge on any atom is 0.237 e. The zero-order chi connectivity index (χ0) is 6.69. The number of allylic oxidation sites excluding steroid dienone is 1. The van der Waals surface area contributed by atoms with Gasteiger partial charge in [0.1, 0.15) is 0 Å². The number of halogens is 1. The van der Waals surface area contributed by atoms with E-state index in [4.69, 9.17) is 0 Å². The molecular weight excluding hydrogens is 125 g/mol. The van der Waals surface area contributed by atoms with Gasteiger partial charge >= 0.3 is 0 Å². The van der Waals surface area contributed by atoms with Crippen LogP contribution < -0.4 is 5.43 Å². The molecule has 9 heavy (non-hydrogen) atoms. The van der Waals surface area contributed by atoms with Crippen LogP contribution in [0.2, 0.25) is 0 Å². The lowest BCUT2D eigenvalue weighted by atomic mass is 10.6. The number of nitrogens with one attached hydrogen (secondary N) is 1. The normalized spacial score (nSPS) is 17.1. The molecule has 49 valence electrons. The zero-order valence-electron chi connectivity index (χ0n) is 4.76. The van der Waals surface area contributed by atoms with Crippen LogP contribution in [0.15, 0.2) is 11.2 Å². The van der Waals surface area contributed by atoms with Crippen molar-refractivity contribution in [2.45, 2.75) is 0 Å². The topological polar surface area (TPSA) is 36.9 Å². The van der Waals surface area contributed by atoms with Crippen LogP contribution in [0.5, 0.6) is 0 Å². The van der Waals surface area contributed by atoms with Gasteiger partial charge in [0, 0.05) is 6.08 Å². The summed E-state index contributed by atoms with van der Waals surface area (Å²) in [6, 6.07) is 0. The van der Waals surface area contributed by atoms with Gasteiger partial charge in [-0.15, -0.1) is 0 Å². The second kappa shape index (κ2) is 2.45. The molecule has 0 spiro atoms. The summed E-state index contributed by atoms with van der Waals surface area (Å²) in [6.45, 7) is 0. The Morgan fingerprint density at radius 2 is 2.78 bits per heavy atom. The first-order valence-electron chi connectivity index (χ1n) is 2.25. The van der Waals surface area contributed by atoms with Gasteiger partial charge in [0.05, 0.1) is 13.3 Å². The van der Waals surface area contributed by atoms with Crippen LogP contribution in [-0.4, -0.2) is 18.4 Å². The van der Waals surface area contributed by atoms with Crippen molar-refractivity contribution in [3.8, 4) is 0 Å². The molecule has 0 bridgehead atoms. The Hall–Kier alpha value is -1.10. The highest BCUT2D eigenvalue weighted by molar-refractivity contribution is 5.85. The van der Waals surface area contributed by atoms with E-state index in [0.717, 1.165) is 11.4 Å². The molecule has 1 heterocycles. The van der Waals surface area contributed by atoms with Crippen molar-refractivity contribution in [2.24, 2.45) is 5.10 Å². The Morgan fingerprint density at radius 3 is 3.22 bits per heavy atom. The van der Waals surface area contributed by atoms with E-state index in [1.165, 1.54) is 7.11 Å². The Morgan fingerprint density at radius 1 is 2.00 bits per heavy atom. The number of hydrazine groups is 1. The van der Waals surface area contributed by atoms with Crippen LogP contribution >= 0.6 is 0 Å². The fraction of sp³-hybridized carbons (Fsp3) is 0.250. The minimum absolute atomic E-state index is 0.643. The molecule has 1 N–H and O–H groups in total. The Labute approximate surface area is 51.5 Å². The number of hydrazone groups is 1. The third-order valence-electron chi connectivity index (χ3n) is 0.711. The van der Waals surface area contributed by atoms with E-state index in [1.54, 1.807) is 0 Å². The largest absolute Gasteiger partial charge is 0.255 e. The van der Waals surface area contributed by atoms with Crippen LogP contribution in [0.1, 0.15) is 0 Å². The Kier molecular flexibility index (Phi) is 1.64. The van der Waals surface area contributed by atoms with Crippen molar-refractivity contribution in [3.05, 3.63) is 12.3 Å². The maximum absolute atomic E-state index is 12.1. The second-order valence-electron chi connectivity index (χ2n) is 1.28. The van der Waals surface area contributed by atoms with E-state index in [2.05, 4.69) is 21.6 Å². The molecule has 0 aliphatic carbocycles. The van der Waals surface area contributed by atoms with Crippen molar-refractivity contribution in [1.82, 2.24) is 10.7 Å². The number of rotatable bonds is 1. The summed E-state index contributed by atoms with van der Waals surface area (Å²) in [6.07, 6.45) is 3.42. The summed E-state index contributed by atoms with van der Waals surface area (Å²) in [5, 5.41) is 4.09. The summed E-state index contributed by atoms with van der Waals surface area (Å²) >= 11 is 0. The monoisotopic (exact) mass is 130 g/mol. The van der Waals surface area contributed by atoms with E-state index in [0.29, 0.717) is 0 Å². The molecular formula is C4H5FN3O. The van der Waals surface area contributed by atoms with Crippen LogP contribution in [-0.2, 0) is 4.84 Å². The Bertz CT molecular complexity index is 156. The standard InChI is InChI=1S/C4H5FN3O/c1-9-8-6-3-2-4(5)7-8/h2,6H,1H3. The van der Waals surface area contributed by atoms with Crippen LogP contribution in [0.25, 0.3) is 0 Å². The first kappa shape index (κ1) is 6.03. The number of hydrogen-bond donors (Lipinski definition) is 1. The van der Waals surface area contributed by atoms with Gasteiger partial charge in [0.25, 0.3) is 0 Å². The first-order valence-corrected chi connectivity index (χ1v) is 2.25. The van der Waals surface area contributed by atoms with E-state index < -0.39 is 5.97 Å². The molecule has 5 heteroatoms. The van der Waals surface area contributed by atoms with Gasteiger partial charge in [-0.3, -0.25) is 5.43 Å². The van der Waals surface area contributed by atoms with Crippen molar-refractivity contribution in [3.63, 3.8) is 0 Å². The summed E-state index contributed by atoms with van der Waals surface area (Å²) in [5.74, 6) is -0.643. The molecule has 0 aromatic rings. The fourth-order valence-corrected chi connectivity index (χ4v) is 0.374. The average molecular weight is 130 g/mol. The molecule has 4 nitrogen and oxygen atoms in total. The average Bonchev–Trinajstić information content (AvgIpc) is 1.88. The van der Waals surface area contributed by atoms with Gasteiger partial charge in [-0.05, 0) is 0 Å². The highest BCUT2D eigenvalue weighted by Crippen LogP contribution is 1.93. The minimum atomic E-state index is -0.643. The smallest absolute Gasteiger partial charge is 0.237 e. The fourth-order valence-electron chi connectivity index (χ4n) is 0.374. The molecule has 0 aromatic heterocycles. The van der Waals surface area contributed by atoms with Crippen LogP contribution in [0, 0.1) is 6.20 Å². The van der Waals surface area contributed by atoms with E-state index in [9.17, 15) is 4.39 Å². The summed E-state index contributed by atoms with van der Waals surface area (Å²) < 4.78 is 12.1. The molecule has 0 saturated heterocycles. The van der Waals surface area contributed by atoms with E-state index in [1.807, 2.05) is 0 Å². The highest BCUT2D eigenvalue weighted by Gasteiger charge is 2.02. The van der Waals surface area contributed by atoms with E-state index >= 15 is 0 Å². The van der Waals surface area contributed by atoms with Crippen molar-refractivity contribution in [2.75, 3.05) is 7.11 Å². The molecule has 1 rings (SSSR count). The summed E-state index contributed by atoms with van der Waals surface area (Å²) in [7, 11) is 1.36. The summed E-state index contributed by atoms with van der Waals surface area (Å²) in [5.41, 5.74) is 2.38. The molecule has 0 amide bonds. The van der Waals surface area contributed by atoms with Crippen molar-refractivity contribution in [1.29, 1.82) is 0 Å². The predicted molar refractivity (Wildman–Crippen MR) is 28.3 cm³/mol. The number of nitrogens with zero attached hydrogens (tertiary/aromatic N) is 2. The van der Waals surface area contributed by atoms with Crippen LogP contribution in [0.4, 0.5) is 4.39 Å². The molecule has 0 aromatic carbocycles. The van der Waals surface area contributed by atoms with Gasteiger partial charge in [-0.1, -0.05) is 10.4 Å².